The number of nitrogens with one attached hydrogen (secondary N) is 3. The Morgan fingerprint density at radius 1 is 1.16 bits per heavy atom. The second-order valence-corrected chi connectivity index (χ2v) is 7.94. The van der Waals surface area contributed by atoms with Crippen LogP contribution in [0.25, 0.3) is 11.2 Å². The molecule has 1 atom stereocenters. The molecule has 1 amide bonds. The molecule has 156 valence electrons. The van der Waals surface area contributed by atoms with Gasteiger partial charge in [-0.15, -0.1) is 0 Å². The van der Waals surface area contributed by atoms with Crippen molar-refractivity contribution in [3.63, 3.8) is 0 Å². The molecule has 1 aliphatic carbocycles. The first-order valence-electron chi connectivity index (χ1n) is 10.4. The number of amides is 1. The fraction of sp³-hybridized carbons (Fsp3) is 0.261. The Hall–Kier alpha value is -3.81. The summed E-state index contributed by atoms with van der Waals surface area (Å²) in [6.07, 6.45) is 10.4. The maximum atomic E-state index is 12.8. The van der Waals surface area contributed by atoms with Crippen molar-refractivity contribution in [2.45, 2.75) is 38.1 Å². The van der Waals surface area contributed by atoms with Gasteiger partial charge in [0.2, 0.25) is 0 Å². The largest absolute Gasteiger partial charge is 0.362 e. The van der Waals surface area contributed by atoms with Crippen LogP contribution in [-0.2, 0) is 0 Å². The maximum absolute atomic E-state index is 12.8. The number of hydrogen-bond donors (Lipinski definition) is 3. The number of benzene rings is 1. The summed E-state index contributed by atoms with van der Waals surface area (Å²) >= 11 is 0. The van der Waals surface area contributed by atoms with Crippen LogP contribution < -0.4 is 10.6 Å². The molecule has 8 nitrogen and oxygen atoms in total. The highest BCUT2D eigenvalue weighted by Crippen LogP contribution is 2.36. The maximum Gasteiger partial charge on any atom is 0.257 e. The minimum atomic E-state index is -0.151. The van der Waals surface area contributed by atoms with Crippen molar-refractivity contribution in [3.05, 3.63) is 71.8 Å². The molecular weight excluding hydrogens is 390 g/mol. The minimum absolute atomic E-state index is 0.0323. The van der Waals surface area contributed by atoms with E-state index in [0.29, 0.717) is 22.9 Å². The van der Waals surface area contributed by atoms with E-state index < -0.39 is 0 Å². The van der Waals surface area contributed by atoms with Gasteiger partial charge in [0.15, 0.2) is 5.65 Å². The van der Waals surface area contributed by atoms with Crippen molar-refractivity contribution >= 4 is 28.6 Å². The fourth-order valence-electron chi connectivity index (χ4n) is 3.74. The number of nitrogens with zero attached hydrogens (tertiary/aromatic N) is 4. The third-order valence-corrected chi connectivity index (χ3v) is 5.77. The highest BCUT2D eigenvalue weighted by molar-refractivity contribution is 6.04. The number of pyridine rings is 1. The van der Waals surface area contributed by atoms with Crippen molar-refractivity contribution in [3.8, 4) is 0 Å². The predicted molar refractivity (Wildman–Crippen MR) is 119 cm³/mol. The fourth-order valence-corrected chi connectivity index (χ4v) is 3.74. The first kappa shape index (κ1) is 19.2. The molecule has 0 spiro atoms. The Balaban J connectivity index is 1.28. The number of carbonyl (C=O) groups is 1. The van der Waals surface area contributed by atoms with Gasteiger partial charge < -0.3 is 10.6 Å². The summed E-state index contributed by atoms with van der Waals surface area (Å²) < 4.78 is 0. The van der Waals surface area contributed by atoms with Gasteiger partial charge in [-0.2, -0.15) is 5.10 Å². The second kappa shape index (κ2) is 8.14. The zero-order valence-corrected chi connectivity index (χ0v) is 17.2. The zero-order chi connectivity index (χ0) is 21.2. The smallest absolute Gasteiger partial charge is 0.257 e. The molecule has 8 heteroatoms. The summed E-state index contributed by atoms with van der Waals surface area (Å²) in [6, 6.07) is 9.71. The third kappa shape index (κ3) is 4.09. The van der Waals surface area contributed by atoms with Crippen molar-refractivity contribution in [2.24, 2.45) is 0 Å². The molecular formula is C23H23N7O. The number of H-pyrrole nitrogens is 1. The summed E-state index contributed by atoms with van der Waals surface area (Å²) in [4.78, 5) is 25.8. The Labute approximate surface area is 179 Å². The summed E-state index contributed by atoms with van der Waals surface area (Å²) in [5, 5.41) is 13.1. The molecule has 3 heterocycles. The molecule has 5 rings (SSSR count). The van der Waals surface area contributed by atoms with Crippen molar-refractivity contribution in [2.75, 3.05) is 10.6 Å². The normalized spacial score (nSPS) is 14.7. The summed E-state index contributed by atoms with van der Waals surface area (Å²) in [6.45, 7) is 2.03. The number of rotatable bonds is 6. The lowest BCUT2D eigenvalue weighted by molar-refractivity contribution is 0.102. The van der Waals surface area contributed by atoms with E-state index in [4.69, 9.17) is 0 Å². The molecule has 1 aromatic carbocycles. The molecule has 1 saturated carbocycles. The predicted octanol–water partition coefficient (Wildman–Crippen LogP) is 4.44. The topological polar surface area (TPSA) is 108 Å². The molecule has 0 radical (unpaired) electrons. The van der Waals surface area contributed by atoms with E-state index >= 15 is 0 Å². The second-order valence-electron chi connectivity index (χ2n) is 7.94. The van der Waals surface area contributed by atoms with Gasteiger partial charge in [0.05, 0.1) is 24.0 Å². The van der Waals surface area contributed by atoms with Crippen LogP contribution in [0.15, 0.2) is 55.1 Å². The molecule has 3 N–H and O–H groups in total. The monoisotopic (exact) mass is 413 g/mol. The highest BCUT2D eigenvalue weighted by Gasteiger charge is 2.21. The Kier molecular flexibility index (Phi) is 5.03. The molecule has 0 aliphatic heterocycles. The molecule has 1 aliphatic rings. The first-order chi connectivity index (χ1) is 15.2. The van der Waals surface area contributed by atoms with Gasteiger partial charge in [0.1, 0.15) is 11.3 Å². The van der Waals surface area contributed by atoms with E-state index in [2.05, 4.69) is 35.8 Å². The SMILES string of the molecule is C[C@H](Nc1cnc2cn[nH]c2n1)c1cccc(NC(=O)c2cncc(C3CCC3)c2)c1. The zero-order valence-electron chi connectivity index (χ0n) is 17.2. The summed E-state index contributed by atoms with van der Waals surface area (Å²) in [5.74, 6) is 1.04. The van der Waals surface area contributed by atoms with Crippen LogP contribution in [0.5, 0.6) is 0 Å². The van der Waals surface area contributed by atoms with Crippen molar-refractivity contribution < 1.29 is 4.79 Å². The molecule has 0 bridgehead atoms. The molecule has 4 aromatic rings. The van der Waals surface area contributed by atoms with Crippen LogP contribution in [0.2, 0.25) is 0 Å². The summed E-state index contributed by atoms with van der Waals surface area (Å²) in [7, 11) is 0. The van der Waals surface area contributed by atoms with E-state index in [1.165, 1.54) is 19.3 Å². The Bertz CT molecular complexity index is 1230. The number of aromatic nitrogens is 5. The van der Waals surface area contributed by atoms with Gasteiger partial charge in [-0.05, 0) is 55.0 Å². The average molecular weight is 413 g/mol. The van der Waals surface area contributed by atoms with E-state index in [1.807, 2.05) is 43.5 Å². The van der Waals surface area contributed by atoms with Crippen LogP contribution in [0.3, 0.4) is 0 Å². The van der Waals surface area contributed by atoms with Crippen molar-refractivity contribution in [1.29, 1.82) is 0 Å². The van der Waals surface area contributed by atoms with Crippen LogP contribution in [0.4, 0.5) is 11.5 Å². The van der Waals surface area contributed by atoms with Crippen LogP contribution in [0.1, 0.15) is 59.6 Å². The van der Waals surface area contributed by atoms with Gasteiger partial charge in [-0.25, -0.2) is 9.97 Å². The van der Waals surface area contributed by atoms with Gasteiger partial charge in [0, 0.05) is 18.1 Å². The van der Waals surface area contributed by atoms with E-state index in [9.17, 15) is 4.79 Å². The standard InChI is InChI=1S/C23H23N7O/c1-14(27-21-13-25-20-12-26-30-22(20)29-21)16-6-3-7-19(9-16)28-23(31)18-8-17(10-24-11-18)15-4-2-5-15/h3,6-15H,2,4-5H2,1H3,(H,28,31)(H2,26,27,29,30)/t14-/m0/s1. The highest BCUT2D eigenvalue weighted by atomic mass is 16.1. The molecule has 0 unspecified atom stereocenters. The van der Waals surface area contributed by atoms with Gasteiger partial charge in [-0.1, -0.05) is 18.6 Å². The lowest BCUT2D eigenvalue weighted by Gasteiger charge is -2.25. The van der Waals surface area contributed by atoms with Crippen LogP contribution >= 0.6 is 0 Å². The minimum Gasteiger partial charge on any atom is -0.362 e. The molecule has 1 fully saturated rings. The molecule has 3 aromatic heterocycles. The number of fused-ring (bicyclic) bond motifs is 1. The van der Waals surface area contributed by atoms with Gasteiger partial charge in [0.25, 0.3) is 5.91 Å². The summed E-state index contributed by atoms with van der Waals surface area (Å²) in [5.41, 5.74) is 4.85. The van der Waals surface area contributed by atoms with Gasteiger partial charge in [-0.3, -0.25) is 14.9 Å². The quantitative estimate of drug-likeness (QED) is 0.431. The van der Waals surface area contributed by atoms with Crippen LogP contribution in [0, 0.1) is 0 Å². The van der Waals surface area contributed by atoms with Crippen molar-refractivity contribution in [1.82, 2.24) is 25.1 Å². The van der Waals surface area contributed by atoms with E-state index in [1.54, 1.807) is 18.6 Å². The van der Waals surface area contributed by atoms with Gasteiger partial charge >= 0.3 is 0 Å². The number of anilines is 2. The third-order valence-electron chi connectivity index (χ3n) is 5.77. The Morgan fingerprint density at radius 3 is 2.90 bits per heavy atom. The number of hydrogen-bond acceptors (Lipinski definition) is 6. The first-order valence-corrected chi connectivity index (χ1v) is 10.4. The number of aromatic amines is 1. The molecule has 0 saturated heterocycles. The van der Waals surface area contributed by atoms with E-state index in [-0.39, 0.29) is 11.9 Å². The van der Waals surface area contributed by atoms with E-state index in [0.717, 1.165) is 22.3 Å². The number of carbonyl (C=O) groups excluding carboxylic acids is 1. The average Bonchev–Trinajstić information content (AvgIpc) is 3.21. The molecule has 31 heavy (non-hydrogen) atoms. The Morgan fingerprint density at radius 2 is 2.06 bits per heavy atom. The lowest BCUT2D eigenvalue weighted by Crippen LogP contribution is -2.15. The van der Waals surface area contributed by atoms with Crippen LogP contribution in [-0.4, -0.2) is 31.1 Å². The lowest BCUT2D eigenvalue weighted by atomic mass is 9.80.